The Hall–Kier alpha value is -3.47. The van der Waals surface area contributed by atoms with Crippen molar-refractivity contribution in [2.45, 2.75) is 6.54 Å². The van der Waals surface area contributed by atoms with Gasteiger partial charge in [-0.2, -0.15) is 0 Å². The second kappa shape index (κ2) is 4.54. The summed E-state index contributed by atoms with van der Waals surface area (Å²) in [4.78, 5) is 8.59. The third kappa shape index (κ3) is 1.59. The van der Waals surface area contributed by atoms with Gasteiger partial charge in [0.05, 0.1) is 30.7 Å². The largest absolute Gasteiger partial charge is 0.274 e. The van der Waals surface area contributed by atoms with Gasteiger partial charge >= 0.3 is 0 Å². The highest BCUT2D eigenvalue weighted by Gasteiger charge is 2.35. The van der Waals surface area contributed by atoms with E-state index in [-0.39, 0.29) is 0 Å². The van der Waals surface area contributed by atoms with Crippen molar-refractivity contribution in [1.29, 1.82) is 0 Å². The molecule has 0 amide bonds. The van der Waals surface area contributed by atoms with Crippen molar-refractivity contribution in [2.24, 2.45) is 0 Å². The zero-order chi connectivity index (χ0) is 16.4. The average Bonchev–Trinajstić information content (AvgIpc) is 3.29. The molecule has 0 N–H and O–H groups in total. The van der Waals surface area contributed by atoms with Gasteiger partial charge in [0.1, 0.15) is 11.2 Å². The van der Waals surface area contributed by atoms with Crippen LogP contribution in [0.15, 0.2) is 73.4 Å². The smallest absolute Gasteiger partial charge is 0.264 e. The van der Waals surface area contributed by atoms with Crippen LogP contribution in [-0.4, -0.2) is 18.9 Å². The Morgan fingerprint density at radius 1 is 0.960 bits per heavy atom. The van der Waals surface area contributed by atoms with Gasteiger partial charge in [0.2, 0.25) is 5.82 Å². The lowest BCUT2D eigenvalue weighted by molar-refractivity contribution is -0.648. The van der Waals surface area contributed by atoms with E-state index in [1.807, 2.05) is 31.0 Å². The summed E-state index contributed by atoms with van der Waals surface area (Å²) < 4.78 is 6.93. The predicted octanol–water partition coefficient (Wildman–Crippen LogP) is 2.99. The van der Waals surface area contributed by atoms with Crippen molar-refractivity contribution in [3.63, 3.8) is 0 Å². The molecule has 0 fully saturated rings. The molecule has 5 heteroatoms. The summed E-state index contributed by atoms with van der Waals surface area (Å²) in [5.74, 6) is 1.21. The Morgan fingerprint density at radius 2 is 1.84 bits per heavy atom. The molecule has 0 saturated carbocycles. The normalized spacial score (nSPS) is 12.6. The maximum Gasteiger partial charge on any atom is 0.274 e. The standard InChI is InChI=1S/C20H14N5/c1-2-4-15(5-3-1)25-18-10-16-12-22-8-9-23(16)20(18)24-13-14-11-21-7-6-17(14)19(24)25/h1-12H,13H2/q+1. The minimum Gasteiger partial charge on any atom is -0.264 e. The number of nitrogens with zero attached hydrogens (tertiary/aromatic N) is 5. The van der Waals surface area contributed by atoms with E-state index in [0.717, 1.165) is 17.7 Å². The number of hydrogen-bond donors (Lipinski definition) is 0. The van der Waals surface area contributed by atoms with Gasteiger partial charge in [0.25, 0.3) is 5.65 Å². The van der Waals surface area contributed by atoms with Gasteiger partial charge < -0.3 is 0 Å². The third-order valence-electron chi connectivity index (χ3n) is 4.98. The van der Waals surface area contributed by atoms with E-state index in [1.165, 1.54) is 28.1 Å². The molecule has 1 aliphatic heterocycles. The third-order valence-corrected chi connectivity index (χ3v) is 4.98. The number of fused-ring (bicyclic) bond motifs is 7. The van der Waals surface area contributed by atoms with Crippen LogP contribution in [0.4, 0.5) is 0 Å². The summed E-state index contributed by atoms with van der Waals surface area (Å²) in [5.41, 5.74) is 7.14. The average molecular weight is 324 g/mol. The Bertz CT molecular complexity index is 1260. The van der Waals surface area contributed by atoms with Crippen molar-refractivity contribution in [1.82, 2.24) is 18.9 Å². The number of benzene rings is 1. The first-order chi connectivity index (χ1) is 12.4. The Balaban J connectivity index is 1.83. The van der Waals surface area contributed by atoms with E-state index < -0.39 is 0 Å². The molecule has 0 atom stereocenters. The van der Waals surface area contributed by atoms with Crippen LogP contribution in [-0.2, 0) is 6.54 Å². The van der Waals surface area contributed by atoms with E-state index in [9.17, 15) is 0 Å². The molecule has 0 spiro atoms. The van der Waals surface area contributed by atoms with E-state index in [2.05, 4.69) is 66.0 Å². The zero-order valence-electron chi connectivity index (χ0n) is 13.4. The summed E-state index contributed by atoms with van der Waals surface area (Å²) in [6, 6.07) is 14.8. The van der Waals surface area contributed by atoms with Crippen LogP contribution in [0.3, 0.4) is 0 Å². The van der Waals surface area contributed by atoms with Crippen LogP contribution in [0.1, 0.15) is 5.56 Å². The molecule has 5 nitrogen and oxygen atoms in total. The monoisotopic (exact) mass is 324 g/mol. The van der Waals surface area contributed by atoms with Crippen molar-refractivity contribution in [3.8, 4) is 17.1 Å². The molecule has 5 heterocycles. The quantitative estimate of drug-likeness (QED) is 0.436. The first-order valence-corrected chi connectivity index (χ1v) is 8.30. The van der Waals surface area contributed by atoms with E-state index in [0.29, 0.717) is 0 Å². The predicted molar refractivity (Wildman–Crippen MR) is 94.6 cm³/mol. The fourth-order valence-corrected chi connectivity index (χ4v) is 3.96. The molecule has 0 radical (unpaired) electrons. The molecule has 118 valence electrons. The highest BCUT2D eigenvalue weighted by molar-refractivity contribution is 5.84. The first kappa shape index (κ1) is 12.9. The molecule has 0 aliphatic carbocycles. The number of hydrogen-bond acceptors (Lipinski definition) is 2. The molecule has 4 aromatic heterocycles. The molecule has 6 rings (SSSR count). The van der Waals surface area contributed by atoms with Crippen molar-refractivity contribution in [3.05, 3.63) is 79.0 Å². The minimum atomic E-state index is 0.837. The van der Waals surface area contributed by atoms with E-state index in [1.54, 1.807) is 0 Å². The number of rotatable bonds is 1. The van der Waals surface area contributed by atoms with Crippen LogP contribution < -0.4 is 4.57 Å². The van der Waals surface area contributed by atoms with Crippen LogP contribution in [0, 0.1) is 0 Å². The number of aromatic nitrogens is 5. The van der Waals surface area contributed by atoms with Crippen LogP contribution in [0.25, 0.3) is 33.8 Å². The maximum atomic E-state index is 4.31. The minimum absolute atomic E-state index is 0.837. The van der Waals surface area contributed by atoms with Crippen LogP contribution in [0.5, 0.6) is 0 Å². The molecule has 0 bridgehead atoms. The molecule has 0 unspecified atom stereocenters. The van der Waals surface area contributed by atoms with E-state index >= 15 is 0 Å². The van der Waals surface area contributed by atoms with Gasteiger partial charge in [0, 0.05) is 24.0 Å². The second-order valence-corrected chi connectivity index (χ2v) is 6.34. The lowest BCUT2D eigenvalue weighted by Crippen LogP contribution is -2.32. The SMILES string of the molecule is c1ccc(-n2c3[n+](c4c2cc2cnccn24)Cc2cnccc2-3)cc1. The lowest BCUT2D eigenvalue weighted by Gasteiger charge is -2.03. The van der Waals surface area contributed by atoms with Crippen molar-refractivity contribution < 1.29 is 4.57 Å². The van der Waals surface area contributed by atoms with Crippen LogP contribution >= 0.6 is 0 Å². The van der Waals surface area contributed by atoms with Crippen LogP contribution in [0.2, 0.25) is 0 Å². The summed E-state index contributed by atoms with van der Waals surface area (Å²) >= 11 is 0. The van der Waals surface area contributed by atoms with Crippen molar-refractivity contribution in [2.75, 3.05) is 0 Å². The van der Waals surface area contributed by atoms with Crippen molar-refractivity contribution >= 4 is 16.7 Å². The van der Waals surface area contributed by atoms with Gasteiger partial charge in [-0.1, -0.05) is 18.2 Å². The molecule has 1 aromatic carbocycles. The van der Waals surface area contributed by atoms with Gasteiger partial charge in [-0.3, -0.25) is 9.97 Å². The lowest BCUT2D eigenvalue weighted by atomic mass is 10.1. The van der Waals surface area contributed by atoms with E-state index in [4.69, 9.17) is 0 Å². The summed E-state index contributed by atoms with van der Waals surface area (Å²) in [5, 5.41) is 0. The first-order valence-electron chi connectivity index (χ1n) is 8.30. The molecule has 25 heavy (non-hydrogen) atoms. The topological polar surface area (TPSA) is 39.0 Å². The summed E-state index contributed by atoms with van der Waals surface area (Å²) in [7, 11) is 0. The molecule has 1 aliphatic rings. The molecule has 0 saturated heterocycles. The summed E-state index contributed by atoms with van der Waals surface area (Å²) in [6.45, 7) is 0.837. The maximum absolute atomic E-state index is 4.31. The molecular formula is C20H14N5+. The molecular weight excluding hydrogens is 310 g/mol. The molecule has 5 aromatic rings. The van der Waals surface area contributed by atoms with Gasteiger partial charge in [0.15, 0.2) is 5.52 Å². The van der Waals surface area contributed by atoms with Gasteiger partial charge in [-0.15, -0.1) is 0 Å². The number of pyridine rings is 1. The Kier molecular flexibility index (Phi) is 2.34. The second-order valence-electron chi connectivity index (χ2n) is 6.34. The number of imidazole rings is 1. The fraction of sp³-hybridized carbons (Fsp3) is 0.0500. The van der Waals surface area contributed by atoms with Gasteiger partial charge in [-0.05, 0) is 18.2 Å². The highest BCUT2D eigenvalue weighted by Crippen LogP contribution is 2.34. The Labute approximate surface area is 143 Å². The highest BCUT2D eigenvalue weighted by atomic mass is 15.2. The number of para-hydroxylation sites is 1. The zero-order valence-corrected chi connectivity index (χ0v) is 13.4. The Morgan fingerprint density at radius 3 is 2.76 bits per heavy atom. The fourth-order valence-electron chi connectivity index (χ4n) is 3.96. The van der Waals surface area contributed by atoms with Gasteiger partial charge in [-0.25, -0.2) is 13.5 Å². The summed E-state index contributed by atoms with van der Waals surface area (Å²) in [6.07, 6.45) is 9.62.